The van der Waals surface area contributed by atoms with E-state index >= 15 is 0 Å². The van der Waals surface area contributed by atoms with Gasteiger partial charge in [0.25, 0.3) is 0 Å². The molecule has 3 rings (SSSR count). The van der Waals surface area contributed by atoms with Gasteiger partial charge in [-0.15, -0.1) is 0 Å². The molecule has 2 saturated carbocycles. The van der Waals surface area contributed by atoms with E-state index in [1.807, 2.05) is 35.2 Å². The molecule has 0 saturated heterocycles. The van der Waals surface area contributed by atoms with Gasteiger partial charge < -0.3 is 10.0 Å². The number of benzene rings is 1. The molecule has 1 aromatic rings. The molecule has 1 amide bonds. The van der Waals surface area contributed by atoms with Crippen LogP contribution in [0, 0.1) is 5.41 Å². The fraction of sp³-hybridized carbons (Fsp3) is 0.529. The lowest BCUT2D eigenvalue weighted by Crippen LogP contribution is -2.44. The average molecular weight is 287 g/mol. The smallest absolute Gasteiger partial charge is 0.310 e. The lowest BCUT2D eigenvalue weighted by Gasteiger charge is -2.38. The molecule has 0 radical (unpaired) electrons. The highest BCUT2D eigenvalue weighted by Crippen LogP contribution is 2.45. The van der Waals surface area contributed by atoms with Gasteiger partial charge in [-0.1, -0.05) is 36.8 Å². The molecule has 0 heterocycles. The Labute approximate surface area is 124 Å². The Balaban J connectivity index is 1.69. The van der Waals surface area contributed by atoms with E-state index in [9.17, 15) is 14.7 Å². The molecule has 21 heavy (non-hydrogen) atoms. The molecule has 0 aliphatic heterocycles. The van der Waals surface area contributed by atoms with E-state index in [4.69, 9.17) is 0 Å². The lowest BCUT2D eigenvalue weighted by atomic mass is 9.66. The first-order valence-electron chi connectivity index (χ1n) is 7.67. The Morgan fingerprint density at radius 3 is 2.33 bits per heavy atom. The van der Waals surface area contributed by atoms with Crippen LogP contribution in [0.15, 0.2) is 30.3 Å². The normalized spacial score (nSPS) is 19.6. The van der Waals surface area contributed by atoms with Crippen molar-refractivity contribution >= 4 is 11.9 Å². The topological polar surface area (TPSA) is 57.6 Å². The van der Waals surface area contributed by atoms with Crippen LogP contribution in [0.2, 0.25) is 0 Å². The van der Waals surface area contributed by atoms with Crippen LogP contribution in [0.5, 0.6) is 0 Å². The van der Waals surface area contributed by atoms with Gasteiger partial charge in [0.15, 0.2) is 0 Å². The predicted molar refractivity (Wildman–Crippen MR) is 78.6 cm³/mol. The van der Waals surface area contributed by atoms with Crippen molar-refractivity contribution in [2.24, 2.45) is 5.41 Å². The van der Waals surface area contributed by atoms with Crippen molar-refractivity contribution in [1.29, 1.82) is 0 Å². The van der Waals surface area contributed by atoms with Gasteiger partial charge in [-0.3, -0.25) is 9.59 Å². The Morgan fingerprint density at radius 1 is 1.19 bits per heavy atom. The van der Waals surface area contributed by atoms with E-state index in [0.717, 1.165) is 24.8 Å². The van der Waals surface area contributed by atoms with Gasteiger partial charge >= 0.3 is 5.97 Å². The van der Waals surface area contributed by atoms with Gasteiger partial charge in [0, 0.05) is 19.0 Å². The number of hydrogen-bond acceptors (Lipinski definition) is 2. The minimum Gasteiger partial charge on any atom is -0.481 e. The van der Waals surface area contributed by atoms with E-state index in [1.54, 1.807) is 0 Å². The number of nitrogens with zero attached hydrogens (tertiary/aromatic N) is 1. The molecule has 4 nitrogen and oxygen atoms in total. The van der Waals surface area contributed by atoms with Gasteiger partial charge in [-0.2, -0.15) is 0 Å². The SMILES string of the molecule is O=C(CC1(C(=O)O)CCC1)N(Cc1ccccc1)C1CC1. The molecule has 1 N–H and O–H groups in total. The summed E-state index contributed by atoms with van der Waals surface area (Å²) in [6.07, 6.45) is 4.43. The second-order valence-corrected chi connectivity index (χ2v) is 6.35. The quantitative estimate of drug-likeness (QED) is 0.875. The number of carbonyl (C=O) groups excluding carboxylic acids is 1. The fourth-order valence-corrected chi connectivity index (χ4v) is 3.05. The largest absolute Gasteiger partial charge is 0.481 e. The molecule has 0 bridgehead atoms. The van der Waals surface area contributed by atoms with Crippen molar-refractivity contribution in [2.45, 2.75) is 51.1 Å². The molecular formula is C17H21NO3. The van der Waals surface area contributed by atoms with Crippen LogP contribution in [0.25, 0.3) is 0 Å². The van der Waals surface area contributed by atoms with Gasteiger partial charge in [0.2, 0.25) is 5.91 Å². The number of carbonyl (C=O) groups is 2. The number of amides is 1. The zero-order valence-corrected chi connectivity index (χ0v) is 12.1. The predicted octanol–water partition coefficient (Wildman–Crippen LogP) is 2.82. The molecule has 0 atom stereocenters. The Bertz CT molecular complexity index is 532. The van der Waals surface area contributed by atoms with E-state index in [1.165, 1.54) is 0 Å². The van der Waals surface area contributed by atoms with Crippen molar-refractivity contribution < 1.29 is 14.7 Å². The van der Waals surface area contributed by atoms with Crippen LogP contribution in [0.1, 0.15) is 44.1 Å². The van der Waals surface area contributed by atoms with E-state index in [2.05, 4.69) is 0 Å². The zero-order chi connectivity index (χ0) is 14.9. The Hall–Kier alpha value is -1.84. The second-order valence-electron chi connectivity index (χ2n) is 6.35. The first-order valence-corrected chi connectivity index (χ1v) is 7.67. The first-order chi connectivity index (χ1) is 10.1. The number of carboxylic acids is 1. The summed E-state index contributed by atoms with van der Waals surface area (Å²) in [4.78, 5) is 25.9. The molecular weight excluding hydrogens is 266 g/mol. The molecule has 0 aromatic heterocycles. The maximum atomic E-state index is 12.6. The summed E-state index contributed by atoms with van der Waals surface area (Å²) in [5, 5.41) is 9.39. The minimum absolute atomic E-state index is 0.00320. The third kappa shape index (κ3) is 2.94. The third-order valence-electron chi connectivity index (χ3n) is 4.76. The van der Waals surface area contributed by atoms with Crippen molar-refractivity contribution in [2.75, 3.05) is 0 Å². The molecule has 112 valence electrons. The van der Waals surface area contributed by atoms with Gasteiger partial charge in [-0.25, -0.2) is 0 Å². The molecule has 4 heteroatoms. The summed E-state index contributed by atoms with van der Waals surface area (Å²) < 4.78 is 0. The van der Waals surface area contributed by atoms with Crippen LogP contribution in [-0.2, 0) is 16.1 Å². The molecule has 0 unspecified atom stereocenters. The van der Waals surface area contributed by atoms with Gasteiger partial charge in [-0.05, 0) is 31.2 Å². The maximum Gasteiger partial charge on any atom is 0.310 e. The Kier molecular flexibility index (Phi) is 3.70. The average Bonchev–Trinajstić information content (AvgIpc) is 3.25. The van der Waals surface area contributed by atoms with Crippen molar-refractivity contribution in [3.63, 3.8) is 0 Å². The summed E-state index contributed by atoms with van der Waals surface area (Å²) in [7, 11) is 0. The van der Waals surface area contributed by atoms with Gasteiger partial charge in [0.1, 0.15) is 0 Å². The minimum atomic E-state index is -0.808. The first kappa shape index (κ1) is 14.1. The number of aliphatic carboxylic acids is 1. The number of carboxylic acid groups (broad SMARTS) is 1. The molecule has 2 fully saturated rings. The van der Waals surface area contributed by atoms with Crippen LogP contribution >= 0.6 is 0 Å². The summed E-state index contributed by atoms with van der Waals surface area (Å²) >= 11 is 0. The highest BCUT2D eigenvalue weighted by atomic mass is 16.4. The third-order valence-corrected chi connectivity index (χ3v) is 4.76. The summed E-state index contributed by atoms with van der Waals surface area (Å²) in [5.74, 6) is -0.805. The van der Waals surface area contributed by atoms with Crippen molar-refractivity contribution in [1.82, 2.24) is 4.90 Å². The lowest BCUT2D eigenvalue weighted by molar-refractivity contribution is -0.159. The van der Waals surface area contributed by atoms with E-state index < -0.39 is 11.4 Å². The van der Waals surface area contributed by atoms with Crippen molar-refractivity contribution in [3.05, 3.63) is 35.9 Å². The maximum absolute atomic E-state index is 12.6. The van der Waals surface area contributed by atoms with Crippen LogP contribution < -0.4 is 0 Å². The number of rotatable bonds is 6. The van der Waals surface area contributed by atoms with Crippen molar-refractivity contribution in [3.8, 4) is 0 Å². The zero-order valence-electron chi connectivity index (χ0n) is 12.1. The second kappa shape index (κ2) is 5.51. The van der Waals surface area contributed by atoms with E-state index in [-0.39, 0.29) is 12.3 Å². The summed E-state index contributed by atoms with van der Waals surface area (Å²) in [6, 6.07) is 10.2. The summed E-state index contributed by atoms with van der Waals surface area (Å²) in [6.45, 7) is 0.597. The monoisotopic (exact) mass is 287 g/mol. The molecule has 1 aromatic carbocycles. The Morgan fingerprint density at radius 2 is 1.86 bits per heavy atom. The van der Waals surface area contributed by atoms with Crippen LogP contribution in [-0.4, -0.2) is 27.9 Å². The fourth-order valence-electron chi connectivity index (χ4n) is 3.05. The highest BCUT2D eigenvalue weighted by molar-refractivity contribution is 5.86. The van der Waals surface area contributed by atoms with Gasteiger partial charge in [0.05, 0.1) is 5.41 Å². The molecule has 2 aliphatic carbocycles. The highest BCUT2D eigenvalue weighted by Gasteiger charge is 2.47. The van der Waals surface area contributed by atoms with Crippen LogP contribution in [0.3, 0.4) is 0 Å². The standard InChI is InChI=1S/C17H21NO3/c19-15(11-17(16(20)21)9-4-10-17)18(14-7-8-14)12-13-5-2-1-3-6-13/h1-3,5-6,14H,4,7-12H2,(H,20,21). The molecule has 0 spiro atoms. The van der Waals surface area contributed by atoms with Crippen LogP contribution in [0.4, 0.5) is 0 Å². The number of hydrogen-bond donors (Lipinski definition) is 1. The summed E-state index contributed by atoms with van der Waals surface area (Å²) in [5.41, 5.74) is 0.316. The molecule has 2 aliphatic rings. The van der Waals surface area contributed by atoms with E-state index in [0.29, 0.717) is 25.4 Å².